The number of fused-ring (bicyclic) bond motifs is 1. The molecular weight excluding hydrogens is 378 g/mol. The number of nitrogens with one attached hydrogen (secondary N) is 1. The summed E-state index contributed by atoms with van der Waals surface area (Å²) >= 11 is 0. The van der Waals surface area contributed by atoms with E-state index < -0.39 is 17.9 Å². The molecule has 1 atom stereocenters. The lowest BCUT2D eigenvalue weighted by atomic mass is 10.1. The van der Waals surface area contributed by atoms with Gasteiger partial charge >= 0.3 is 5.97 Å². The summed E-state index contributed by atoms with van der Waals surface area (Å²) in [4.78, 5) is 35.0. The van der Waals surface area contributed by atoms with E-state index in [0.717, 1.165) is 5.56 Å². The smallest absolute Gasteiger partial charge is 0.325 e. The SMILES string of the molecule is COc1ccc(C=C2Oc3cc(OCC(=O)N[C@H](C)C(=O)O)ccc3C2=O)cc1. The van der Waals surface area contributed by atoms with Crippen LogP contribution in [0.2, 0.25) is 0 Å². The van der Waals surface area contributed by atoms with Crippen molar-refractivity contribution >= 4 is 23.7 Å². The van der Waals surface area contributed by atoms with Crippen molar-refractivity contribution in [3.8, 4) is 17.2 Å². The quantitative estimate of drug-likeness (QED) is 0.690. The number of aliphatic carboxylic acids is 1. The fourth-order valence-electron chi connectivity index (χ4n) is 2.60. The molecule has 2 aromatic carbocycles. The predicted octanol–water partition coefficient (Wildman–Crippen LogP) is 2.28. The fraction of sp³-hybridized carbons (Fsp3) is 0.190. The molecule has 0 fully saturated rings. The molecule has 0 spiro atoms. The Hall–Kier alpha value is -3.81. The van der Waals surface area contributed by atoms with Crippen LogP contribution in [0.5, 0.6) is 17.2 Å². The number of Topliss-reactive ketones (excluding diaryl/α,β-unsaturated/α-hetero) is 1. The molecular formula is C21H19NO7. The predicted molar refractivity (Wildman–Crippen MR) is 103 cm³/mol. The van der Waals surface area contributed by atoms with Gasteiger partial charge in [-0.3, -0.25) is 14.4 Å². The number of amides is 1. The van der Waals surface area contributed by atoms with Crippen molar-refractivity contribution in [2.75, 3.05) is 13.7 Å². The van der Waals surface area contributed by atoms with Crippen molar-refractivity contribution in [1.82, 2.24) is 5.32 Å². The fourth-order valence-corrected chi connectivity index (χ4v) is 2.60. The summed E-state index contributed by atoms with van der Waals surface area (Å²) < 4.78 is 16.1. The van der Waals surface area contributed by atoms with Crippen LogP contribution in [0.4, 0.5) is 0 Å². The van der Waals surface area contributed by atoms with Gasteiger partial charge in [-0.2, -0.15) is 0 Å². The molecule has 0 bridgehead atoms. The minimum atomic E-state index is -1.14. The van der Waals surface area contributed by atoms with Gasteiger partial charge in [0, 0.05) is 6.07 Å². The number of carboxylic acid groups (broad SMARTS) is 1. The van der Waals surface area contributed by atoms with Gasteiger partial charge in [-0.05, 0) is 42.8 Å². The van der Waals surface area contributed by atoms with Gasteiger partial charge in [0.05, 0.1) is 12.7 Å². The normalized spacial score (nSPS) is 14.7. The Bertz CT molecular complexity index is 979. The van der Waals surface area contributed by atoms with Crippen LogP contribution in [0.1, 0.15) is 22.8 Å². The first-order chi connectivity index (χ1) is 13.9. The molecule has 0 aliphatic carbocycles. The largest absolute Gasteiger partial charge is 0.497 e. The maximum Gasteiger partial charge on any atom is 0.325 e. The van der Waals surface area contributed by atoms with Gasteiger partial charge in [0.15, 0.2) is 12.4 Å². The number of rotatable bonds is 7. The molecule has 2 N–H and O–H groups in total. The summed E-state index contributed by atoms with van der Waals surface area (Å²) in [5.74, 6) is -0.438. The van der Waals surface area contributed by atoms with Gasteiger partial charge in [-0.1, -0.05) is 12.1 Å². The van der Waals surface area contributed by atoms with Crippen molar-refractivity contribution in [3.05, 3.63) is 59.4 Å². The lowest BCUT2D eigenvalue weighted by Crippen LogP contribution is -2.40. The molecule has 0 saturated heterocycles. The van der Waals surface area contributed by atoms with Gasteiger partial charge < -0.3 is 24.6 Å². The number of carboxylic acids is 1. The number of carbonyl (C=O) groups is 3. The highest BCUT2D eigenvalue weighted by atomic mass is 16.5. The minimum Gasteiger partial charge on any atom is -0.497 e. The highest BCUT2D eigenvalue weighted by molar-refractivity contribution is 6.14. The summed E-state index contributed by atoms with van der Waals surface area (Å²) in [6, 6.07) is 10.8. The zero-order chi connectivity index (χ0) is 21.0. The van der Waals surface area contributed by atoms with E-state index in [2.05, 4.69) is 5.32 Å². The number of benzene rings is 2. The van der Waals surface area contributed by atoms with Gasteiger partial charge in [0.1, 0.15) is 23.3 Å². The third-order valence-electron chi connectivity index (χ3n) is 4.17. The minimum absolute atomic E-state index is 0.176. The van der Waals surface area contributed by atoms with E-state index in [4.69, 9.17) is 19.3 Å². The highest BCUT2D eigenvalue weighted by Crippen LogP contribution is 2.35. The van der Waals surface area contributed by atoms with E-state index in [9.17, 15) is 14.4 Å². The molecule has 1 aliphatic heterocycles. The molecule has 0 radical (unpaired) electrons. The second-order valence-electron chi connectivity index (χ2n) is 6.29. The molecule has 2 aromatic rings. The maximum absolute atomic E-state index is 12.5. The number of ketones is 1. The summed E-state index contributed by atoms with van der Waals surface area (Å²) in [6.07, 6.45) is 1.63. The van der Waals surface area contributed by atoms with E-state index in [0.29, 0.717) is 22.8 Å². The Balaban J connectivity index is 1.66. The average molecular weight is 397 g/mol. The number of methoxy groups -OCH3 is 1. The summed E-state index contributed by atoms with van der Waals surface area (Å²) in [5, 5.41) is 11.1. The van der Waals surface area contributed by atoms with Crippen molar-refractivity contribution in [2.45, 2.75) is 13.0 Å². The van der Waals surface area contributed by atoms with Crippen LogP contribution in [0.25, 0.3) is 6.08 Å². The first-order valence-electron chi connectivity index (χ1n) is 8.74. The van der Waals surface area contributed by atoms with Crippen LogP contribution in [0.3, 0.4) is 0 Å². The van der Waals surface area contributed by atoms with Gasteiger partial charge in [-0.25, -0.2) is 0 Å². The Morgan fingerprint density at radius 2 is 1.86 bits per heavy atom. The Labute approximate surface area is 166 Å². The maximum atomic E-state index is 12.5. The first-order valence-corrected chi connectivity index (χ1v) is 8.74. The van der Waals surface area contributed by atoms with Crippen LogP contribution < -0.4 is 19.5 Å². The Morgan fingerprint density at radius 1 is 1.17 bits per heavy atom. The molecule has 150 valence electrons. The molecule has 29 heavy (non-hydrogen) atoms. The lowest BCUT2D eigenvalue weighted by Gasteiger charge is -2.10. The Morgan fingerprint density at radius 3 is 2.52 bits per heavy atom. The molecule has 1 aliphatic rings. The van der Waals surface area contributed by atoms with Crippen LogP contribution in [-0.4, -0.2) is 42.5 Å². The molecule has 0 unspecified atom stereocenters. The van der Waals surface area contributed by atoms with Crippen LogP contribution in [-0.2, 0) is 9.59 Å². The monoisotopic (exact) mass is 397 g/mol. The molecule has 3 rings (SSSR count). The average Bonchev–Trinajstić information content (AvgIpc) is 3.01. The number of carbonyl (C=O) groups excluding carboxylic acids is 2. The second-order valence-corrected chi connectivity index (χ2v) is 6.29. The lowest BCUT2D eigenvalue weighted by molar-refractivity contribution is -0.141. The molecule has 0 aromatic heterocycles. The van der Waals surface area contributed by atoms with E-state index in [1.807, 2.05) is 0 Å². The number of hydrogen-bond donors (Lipinski definition) is 2. The number of allylic oxidation sites excluding steroid dienone is 1. The summed E-state index contributed by atoms with van der Waals surface area (Å²) in [6.45, 7) is 0.991. The van der Waals surface area contributed by atoms with Crippen molar-refractivity contribution in [3.63, 3.8) is 0 Å². The van der Waals surface area contributed by atoms with Crippen molar-refractivity contribution in [2.24, 2.45) is 0 Å². The van der Waals surface area contributed by atoms with Gasteiger partial charge in [0.2, 0.25) is 5.78 Å². The van der Waals surface area contributed by atoms with E-state index in [1.54, 1.807) is 49.6 Å². The molecule has 8 nitrogen and oxygen atoms in total. The molecule has 1 heterocycles. The number of ether oxygens (including phenoxy) is 3. The molecule has 1 amide bonds. The third-order valence-corrected chi connectivity index (χ3v) is 4.17. The van der Waals surface area contributed by atoms with Crippen LogP contribution in [0.15, 0.2) is 48.2 Å². The molecule has 0 saturated carbocycles. The summed E-state index contributed by atoms with van der Waals surface area (Å²) in [7, 11) is 1.57. The van der Waals surface area contributed by atoms with E-state index in [-0.39, 0.29) is 18.1 Å². The first kappa shape index (κ1) is 19.9. The van der Waals surface area contributed by atoms with E-state index >= 15 is 0 Å². The highest BCUT2D eigenvalue weighted by Gasteiger charge is 2.27. The standard InChI is InChI=1S/C21H19NO7/c1-12(21(25)26)22-19(23)11-28-15-7-8-16-17(10-15)29-18(20(16)24)9-13-3-5-14(27-2)6-4-13/h3-10,12H,11H2,1-2H3,(H,22,23)(H,25,26)/t12-/m1/s1. The topological polar surface area (TPSA) is 111 Å². The van der Waals surface area contributed by atoms with Crippen molar-refractivity contribution < 1.29 is 33.7 Å². The van der Waals surface area contributed by atoms with Crippen molar-refractivity contribution in [1.29, 1.82) is 0 Å². The van der Waals surface area contributed by atoms with Crippen LogP contribution >= 0.6 is 0 Å². The number of hydrogen-bond acceptors (Lipinski definition) is 6. The zero-order valence-electron chi connectivity index (χ0n) is 15.8. The summed E-state index contributed by atoms with van der Waals surface area (Å²) in [5.41, 5.74) is 1.17. The van der Waals surface area contributed by atoms with Crippen LogP contribution in [0, 0.1) is 0 Å². The van der Waals surface area contributed by atoms with Gasteiger partial charge in [0.25, 0.3) is 5.91 Å². The second kappa shape index (κ2) is 8.47. The Kier molecular flexibility index (Phi) is 5.82. The molecule has 8 heteroatoms. The zero-order valence-corrected chi connectivity index (χ0v) is 15.8. The third kappa shape index (κ3) is 4.73. The van der Waals surface area contributed by atoms with E-state index in [1.165, 1.54) is 13.0 Å². The van der Waals surface area contributed by atoms with Gasteiger partial charge in [-0.15, -0.1) is 0 Å².